The van der Waals surface area contributed by atoms with Crippen molar-refractivity contribution in [3.63, 3.8) is 0 Å². The van der Waals surface area contributed by atoms with E-state index in [0.717, 1.165) is 0 Å². The van der Waals surface area contributed by atoms with Crippen LogP contribution in [0.1, 0.15) is 31.1 Å². The van der Waals surface area contributed by atoms with E-state index in [4.69, 9.17) is 0 Å². The number of Topliss-reactive ketones (excluding diaryl/α,β-unsaturated/α-hetero) is 1. The first-order valence-corrected chi connectivity index (χ1v) is 6.95. The number of halogens is 1. The highest BCUT2D eigenvalue weighted by Gasteiger charge is 2.41. The Balaban J connectivity index is 2.46. The molecular formula is C14H15BrN2O3. The number of piperazine rings is 1. The summed E-state index contributed by atoms with van der Waals surface area (Å²) >= 11 is 3.41. The van der Waals surface area contributed by atoms with Crippen molar-refractivity contribution in [1.29, 1.82) is 0 Å². The molecule has 20 heavy (non-hydrogen) atoms. The number of rotatable bonds is 2. The van der Waals surface area contributed by atoms with Gasteiger partial charge in [-0.3, -0.25) is 19.7 Å². The van der Waals surface area contributed by atoms with Crippen LogP contribution in [0.5, 0.6) is 0 Å². The third-order valence-corrected chi connectivity index (χ3v) is 4.07. The van der Waals surface area contributed by atoms with E-state index in [1.807, 2.05) is 0 Å². The summed E-state index contributed by atoms with van der Waals surface area (Å²) in [4.78, 5) is 36.6. The van der Waals surface area contributed by atoms with Crippen LogP contribution in [0, 0.1) is 0 Å². The standard InChI is InChI=1S/C14H15BrN2O3/c1-8(18)9-4-5-11(10(15)6-9)17-7-12(19)16-13(20)14(17,2)3/h4-6H,7H2,1-3H3,(H,16,19,20). The minimum Gasteiger partial charge on any atom is -0.347 e. The summed E-state index contributed by atoms with van der Waals surface area (Å²) in [6.45, 7) is 5.08. The van der Waals surface area contributed by atoms with Crippen molar-refractivity contribution in [2.24, 2.45) is 0 Å². The highest BCUT2D eigenvalue weighted by molar-refractivity contribution is 9.10. The van der Waals surface area contributed by atoms with Crippen LogP contribution >= 0.6 is 15.9 Å². The first kappa shape index (κ1) is 14.7. The predicted molar refractivity (Wildman–Crippen MR) is 78.7 cm³/mol. The molecule has 0 saturated carbocycles. The highest BCUT2D eigenvalue weighted by atomic mass is 79.9. The molecule has 6 heteroatoms. The number of carbonyl (C=O) groups is 3. The Hall–Kier alpha value is -1.69. The second-order valence-corrected chi connectivity index (χ2v) is 6.10. The molecule has 0 atom stereocenters. The van der Waals surface area contributed by atoms with E-state index >= 15 is 0 Å². The van der Waals surface area contributed by atoms with Crippen LogP contribution in [0.2, 0.25) is 0 Å². The molecule has 0 aliphatic carbocycles. The van der Waals surface area contributed by atoms with Gasteiger partial charge in [-0.15, -0.1) is 0 Å². The molecule has 1 aromatic rings. The molecule has 0 bridgehead atoms. The molecule has 1 aliphatic rings. The summed E-state index contributed by atoms with van der Waals surface area (Å²) in [5, 5.41) is 2.33. The van der Waals surface area contributed by atoms with Gasteiger partial charge in [0.25, 0.3) is 5.91 Å². The minimum absolute atomic E-state index is 0.0380. The van der Waals surface area contributed by atoms with Gasteiger partial charge in [0.05, 0.1) is 12.2 Å². The normalized spacial score (nSPS) is 17.9. The number of imide groups is 1. The van der Waals surface area contributed by atoms with Crippen LogP contribution in [0.3, 0.4) is 0 Å². The van der Waals surface area contributed by atoms with E-state index in [0.29, 0.717) is 15.7 Å². The zero-order valence-electron chi connectivity index (χ0n) is 11.5. The topological polar surface area (TPSA) is 66.5 Å². The van der Waals surface area contributed by atoms with Crippen molar-refractivity contribution in [1.82, 2.24) is 5.32 Å². The van der Waals surface area contributed by atoms with E-state index in [1.54, 1.807) is 36.9 Å². The molecule has 1 N–H and O–H groups in total. The number of nitrogens with one attached hydrogen (secondary N) is 1. The van der Waals surface area contributed by atoms with Crippen molar-refractivity contribution in [2.45, 2.75) is 26.3 Å². The van der Waals surface area contributed by atoms with Gasteiger partial charge in [0, 0.05) is 10.0 Å². The summed E-state index contributed by atoms with van der Waals surface area (Å²) < 4.78 is 0.681. The van der Waals surface area contributed by atoms with E-state index < -0.39 is 5.54 Å². The molecule has 2 rings (SSSR count). The van der Waals surface area contributed by atoms with Gasteiger partial charge in [-0.25, -0.2) is 0 Å². The lowest BCUT2D eigenvalue weighted by Crippen LogP contribution is -2.64. The number of hydrogen-bond acceptors (Lipinski definition) is 4. The second-order valence-electron chi connectivity index (χ2n) is 5.24. The third-order valence-electron chi connectivity index (χ3n) is 3.43. The van der Waals surface area contributed by atoms with Crippen molar-refractivity contribution in [2.75, 3.05) is 11.4 Å². The van der Waals surface area contributed by atoms with Crippen molar-refractivity contribution in [3.8, 4) is 0 Å². The summed E-state index contributed by atoms with van der Waals surface area (Å²) in [6.07, 6.45) is 0. The molecule has 0 unspecified atom stereocenters. The van der Waals surface area contributed by atoms with Gasteiger partial charge in [-0.1, -0.05) is 0 Å². The first-order chi connectivity index (χ1) is 9.23. The lowest BCUT2D eigenvalue weighted by Gasteiger charge is -2.42. The predicted octanol–water partition coefficient (Wildman–Crippen LogP) is 1.89. The van der Waals surface area contributed by atoms with Gasteiger partial charge in [0.2, 0.25) is 5.91 Å². The molecule has 0 radical (unpaired) electrons. The van der Waals surface area contributed by atoms with E-state index in [-0.39, 0.29) is 24.1 Å². The van der Waals surface area contributed by atoms with Gasteiger partial charge in [-0.05, 0) is 54.9 Å². The Bertz CT molecular complexity index is 610. The zero-order valence-corrected chi connectivity index (χ0v) is 13.1. The molecule has 0 spiro atoms. The van der Waals surface area contributed by atoms with Crippen LogP contribution in [-0.4, -0.2) is 29.7 Å². The number of carbonyl (C=O) groups excluding carboxylic acids is 3. The molecule has 1 saturated heterocycles. The van der Waals surface area contributed by atoms with Gasteiger partial charge >= 0.3 is 0 Å². The van der Waals surface area contributed by atoms with Crippen LogP contribution < -0.4 is 10.2 Å². The fourth-order valence-corrected chi connectivity index (χ4v) is 2.71. The summed E-state index contributed by atoms with van der Waals surface area (Å²) in [5.74, 6) is -0.711. The minimum atomic E-state index is -0.839. The van der Waals surface area contributed by atoms with Gasteiger partial charge < -0.3 is 4.90 Å². The van der Waals surface area contributed by atoms with Crippen molar-refractivity contribution in [3.05, 3.63) is 28.2 Å². The fourth-order valence-electron chi connectivity index (χ4n) is 2.11. The molecule has 1 aliphatic heterocycles. The number of ketones is 1. The molecule has 5 nitrogen and oxygen atoms in total. The lowest BCUT2D eigenvalue weighted by molar-refractivity contribution is -0.135. The SMILES string of the molecule is CC(=O)c1ccc(N2CC(=O)NC(=O)C2(C)C)c(Br)c1. The lowest BCUT2D eigenvalue weighted by atomic mass is 9.97. The maximum atomic E-state index is 12.0. The van der Waals surface area contributed by atoms with Crippen LogP contribution in [-0.2, 0) is 9.59 Å². The Morgan fingerprint density at radius 2 is 2.00 bits per heavy atom. The van der Waals surface area contributed by atoms with Crippen molar-refractivity contribution >= 4 is 39.2 Å². The summed E-state index contributed by atoms with van der Waals surface area (Å²) in [5.41, 5.74) is 0.447. The number of nitrogens with zero attached hydrogens (tertiary/aromatic N) is 1. The number of amides is 2. The summed E-state index contributed by atoms with van der Waals surface area (Å²) in [6, 6.07) is 5.13. The second kappa shape index (κ2) is 5.01. The highest BCUT2D eigenvalue weighted by Crippen LogP contribution is 2.33. The van der Waals surface area contributed by atoms with Gasteiger partial charge in [-0.2, -0.15) is 0 Å². The van der Waals surface area contributed by atoms with Gasteiger partial charge in [0.15, 0.2) is 5.78 Å². The molecule has 1 aromatic carbocycles. The Labute approximate surface area is 125 Å². The molecular weight excluding hydrogens is 324 g/mol. The van der Waals surface area contributed by atoms with E-state index in [2.05, 4.69) is 21.2 Å². The summed E-state index contributed by atoms with van der Waals surface area (Å²) in [7, 11) is 0. The monoisotopic (exact) mass is 338 g/mol. The average molecular weight is 339 g/mol. The largest absolute Gasteiger partial charge is 0.347 e. The van der Waals surface area contributed by atoms with Gasteiger partial charge in [0.1, 0.15) is 5.54 Å². The Morgan fingerprint density at radius 1 is 1.35 bits per heavy atom. The third kappa shape index (κ3) is 2.47. The van der Waals surface area contributed by atoms with Crippen LogP contribution in [0.15, 0.2) is 22.7 Å². The molecule has 106 valence electrons. The maximum Gasteiger partial charge on any atom is 0.251 e. The number of hydrogen-bond donors (Lipinski definition) is 1. The smallest absolute Gasteiger partial charge is 0.251 e. The quantitative estimate of drug-likeness (QED) is 0.660. The fraction of sp³-hybridized carbons (Fsp3) is 0.357. The van der Waals surface area contributed by atoms with E-state index in [1.165, 1.54) is 6.92 Å². The Kier molecular flexibility index (Phi) is 3.69. The molecule has 2 amide bonds. The Morgan fingerprint density at radius 3 is 2.55 bits per heavy atom. The molecule has 1 fully saturated rings. The van der Waals surface area contributed by atoms with Crippen molar-refractivity contribution < 1.29 is 14.4 Å². The first-order valence-electron chi connectivity index (χ1n) is 6.16. The maximum absolute atomic E-state index is 12.0. The average Bonchev–Trinajstić information content (AvgIpc) is 2.34. The number of anilines is 1. The molecule has 1 heterocycles. The zero-order chi connectivity index (χ0) is 15.1. The number of benzene rings is 1. The van der Waals surface area contributed by atoms with Crippen LogP contribution in [0.4, 0.5) is 5.69 Å². The van der Waals surface area contributed by atoms with Crippen LogP contribution in [0.25, 0.3) is 0 Å². The molecule has 0 aromatic heterocycles. The van der Waals surface area contributed by atoms with E-state index in [9.17, 15) is 14.4 Å².